The highest BCUT2D eigenvalue weighted by atomic mass is 19.1. The van der Waals surface area contributed by atoms with E-state index in [1.807, 2.05) is 0 Å². The minimum atomic E-state index is -1.06. The topological polar surface area (TPSA) is 21.3 Å². The van der Waals surface area contributed by atoms with Crippen molar-refractivity contribution < 1.29 is 9.13 Å². The van der Waals surface area contributed by atoms with Gasteiger partial charge in [-0.2, -0.15) is 0 Å². The highest BCUT2D eigenvalue weighted by Gasteiger charge is 2.16. The number of halogens is 1. The molecular formula is C5H8FNO. The molecule has 0 aromatic carbocycles. The predicted molar refractivity (Wildman–Crippen MR) is 27.7 cm³/mol. The lowest BCUT2D eigenvalue weighted by atomic mass is 10.3. The van der Waals surface area contributed by atoms with E-state index < -0.39 is 6.30 Å². The Hall–Kier alpha value is -0.730. The van der Waals surface area contributed by atoms with Gasteiger partial charge in [-0.25, -0.2) is 4.39 Å². The molecule has 1 aliphatic rings. The molecule has 1 N–H and O–H groups in total. The maximum atomic E-state index is 12.3. The van der Waals surface area contributed by atoms with Crippen LogP contribution in [-0.2, 0) is 4.74 Å². The van der Waals surface area contributed by atoms with Crippen LogP contribution in [0.2, 0.25) is 0 Å². The fraction of sp³-hybridized carbons (Fsp3) is 0.600. The highest BCUT2D eigenvalue weighted by Crippen LogP contribution is 2.04. The van der Waals surface area contributed by atoms with Crippen LogP contribution in [0, 0.1) is 0 Å². The summed E-state index contributed by atoms with van der Waals surface area (Å²) in [5.74, 6) is 0. The molecule has 0 saturated heterocycles. The molecule has 2 unspecified atom stereocenters. The van der Waals surface area contributed by atoms with E-state index in [1.54, 1.807) is 6.92 Å². The van der Waals surface area contributed by atoms with Crippen molar-refractivity contribution in [1.29, 1.82) is 0 Å². The van der Waals surface area contributed by atoms with Gasteiger partial charge < -0.3 is 10.1 Å². The molecule has 0 aromatic rings. The predicted octanol–water partition coefficient (Wildman–Crippen LogP) is 0.762. The number of alkyl halides is 1. The summed E-state index contributed by atoms with van der Waals surface area (Å²) in [6.45, 7) is 1.67. The highest BCUT2D eigenvalue weighted by molar-refractivity contribution is 4.81. The number of ether oxygens (including phenoxy) is 1. The summed E-state index contributed by atoms with van der Waals surface area (Å²) in [7, 11) is 0. The largest absolute Gasteiger partial charge is 0.492 e. The molecule has 0 bridgehead atoms. The third-order valence-corrected chi connectivity index (χ3v) is 1.03. The molecule has 0 amide bonds. The summed E-state index contributed by atoms with van der Waals surface area (Å²) in [5, 5.41) is 2.46. The molecule has 1 aliphatic heterocycles. The zero-order chi connectivity index (χ0) is 5.98. The zero-order valence-electron chi connectivity index (χ0n) is 4.60. The second-order valence-electron chi connectivity index (χ2n) is 1.71. The van der Waals surface area contributed by atoms with Crippen molar-refractivity contribution in [2.75, 3.05) is 0 Å². The second kappa shape index (κ2) is 2.03. The first-order chi connectivity index (χ1) is 3.80. The van der Waals surface area contributed by atoms with Crippen LogP contribution in [0.3, 0.4) is 0 Å². The summed E-state index contributed by atoms with van der Waals surface area (Å²) in [6.07, 6.45) is 1.48. The van der Waals surface area contributed by atoms with Crippen LogP contribution in [0.5, 0.6) is 0 Å². The van der Waals surface area contributed by atoms with Gasteiger partial charge >= 0.3 is 0 Å². The maximum absolute atomic E-state index is 12.3. The Labute approximate surface area is 47.3 Å². The summed E-state index contributed by atoms with van der Waals surface area (Å²) < 4.78 is 17.1. The van der Waals surface area contributed by atoms with Crippen LogP contribution in [-0.4, -0.2) is 12.4 Å². The molecule has 0 aromatic heterocycles. The Bertz CT molecular complexity index is 92.6. The Morgan fingerprint density at radius 3 is 2.88 bits per heavy atom. The molecule has 1 heterocycles. The lowest BCUT2D eigenvalue weighted by Crippen LogP contribution is -2.34. The lowest BCUT2D eigenvalue weighted by molar-refractivity contribution is 0.0476. The van der Waals surface area contributed by atoms with E-state index in [0.29, 0.717) is 0 Å². The van der Waals surface area contributed by atoms with Crippen molar-refractivity contribution in [1.82, 2.24) is 5.32 Å². The van der Waals surface area contributed by atoms with Gasteiger partial charge in [-0.15, -0.1) is 0 Å². The standard InChI is InChI=1S/C5H8FNO/c1-4-5(6)7-2-3-8-4/h2-5,7H,1H3. The zero-order valence-corrected chi connectivity index (χ0v) is 4.60. The molecule has 2 atom stereocenters. The second-order valence-corrected chi connectivity index (χ2v) is 1.71. The van der Waals surface area contributed by atoms with Crippen LogP contribution < -0.4 is 5.32 Å². The Kier molecular flexibility index (Phi) is 1.37. The van der Waals surface area contributed by atoms with E-state index in [2.05, 4.69) is 5.32 Å². The summed E-state index contributed by atoms with van der Waals surface area (Å²) >= 11 is 0. The molecule has 0 fully saturated rings. The van der Waals surface area contributed by atoms with E-state index in [4.69, 9.17) is 4.74 Å². The Morgan fingerprint density at radius 1 is 1.75 bits per heavy atom. The van der Waals surface area contributed by atoms with Crippen molar-refractivity contribution in [2.24, 2.45) is 0 Å². The molecule has 3 heteroatoms. The molecule has 8 heavy (non-hydrogen) atoms. The minimum absolute atomic E-state index is 0.361. The fourth-order valence-corrected chi connectivity index (χ4v) is 0.499. The van der Waals surface area contributed by atoms with Crippen LogP contribution in [0.15, 0.2) is 12.5 Å². The Balaban J connectivity index is 2.44. The van der Waals surface area contributed by atoms with E-state index in [-0.39, 0.29) is 6.10 Å². The first-order valence-corrected chi connectivity index (χ1v) is 2.51. The van der Waals surface area contributed by atoms with Gasteiger partial charge in [-0.3, -0.25) is 0 Å². The van der Waals surface area contributed by atoms with Gasteiger partial charge in [0, 0.05) is 6.20 Å². The molecular weight excluding hydrogens is 109 g/mol. The number of nitrogens with one attached hydrogen (secondary N) is 1. The molecule has 2 nitrogen and oxygen atoms in total. The monoisotopic (exact) mass is 117 g/mol. The van der Waals surface area contributed by atoms with E-state index in [0.717, 1.165) is 0 Å². The van der Waals surface area contributed by atoms with Gasteiger partial charge in [0.2, 0.25) is 6.30 Å². The lowest BCUT2D eigenvalue weighted by Gasteiger charge is -2.20. The van der Waals surface area contributed by atoms with Crippen molar-refractivity contribution >= 4 is 0 Å². The number of rotatable bonds is 0. The normalized spacial score (nSPS) is 35.8. The number of hydrogen-bond acceptors (Lipinski definition) is 2. The summed E-state index contributed by atoms with van der Waals surface area (Å²) in [5.41, 5.74) is 0. The van der Waals surface area contributed by atoms with Gasteiger partial charge in [0.05, 0.1) is 6.26 Å². The SMILES string of the molecule is CC1OC=CNC1F. The maximum Gasteiger partial charge on any atom is 0.206 e. The van der Waals surface area contributed by atoms with Gasteiger partial charge in [0.25, 0.3) is 0 Å². The number of hydrogen-bond donors (Lipinski definition) is 1. The van der Waals surface area contributed by atoms with Crippen molar-refractivity contribution in [3.63, 3.8) is 0 Å². The van der Waals surface area contributed by atoms with Gasteiger partial charge in [-0.1, -0.05) is 0 Å². The van der Waals surface area contributed by atoms with Crippen molar-refractivity contribution in [3.05, 3.63) is 12.5 Å². The first-order valence-electron chi connectivity index (χ1n) is 2.51. The molecule has 0 radical (unpaired) electrons. The van der Waals surface area contributed by atoms with Crippen molar-refractivity contribution in [3.8, 4) is 0 Å². The minimum Gasteiger partial charge on any atom is -0.492 e. The third-order valence-electron chi connectivity index (χ3n) is 1.03. The first kappa shape index (κ1) is 5.41. The van der Waals surface area contributed by atoms with Crippen LogP contribution in [0.25, 0.3) is 0 Å². The molecule has 1 rings (SSSR count). The molecule has 0 aliphatic carbocycles. The molecule has 0 spiro atoms. The van der Waals surface area contributed by atoms with E-state index in [9.17, 15) is 4.39 Å². The summed E-state index contributed by atoms with van der Waals surface area (Å²) in [4.78, 5) is 0. The average molecular weight is 117 g/mol. The Morgan fingerprint density at radius 2 is 2.50 bits per heavy atom. The van der Waals surface area contributed by atoms with Gasteiger partial charge in [0.15, 0.2) is 0 Å². The van der Waals surface area contributed by atoms with Crippen LogP contribution in [0.4, 0.5) is 4.39 Å². The smallest absolute Gasteiger partial charge is 0.206 e. The quantitative estimate of drug-likeness (QED) is 0.473. The fourth-order valence-electron chi connectivity index (χ4n) is 0.499. The van der Waals surface area contributed by atoms with Gasteiger partial charge in [-0.05, 0) is 6.92 Å². The third kappa shape index (κ3) is 0.911. The van der Waals surface area contributed by atoms with E-state index >= 15 is 0 Å². The average Bonchev–Trinajstić information content (AvgIpc) is 1.77. The molecule has 46 valence electrons. The molecule has 0 saturated carbocycles. The van der Waals surface area contributed by atoms with Gasteiger partial charge in [0.1, 0.15) is 6.10 Å². The summed E-state index contributed by atoms with van der Waals surface area (Å²) in [6, 6.07) is 0. The van der Waals surface area contributed by atoms with Crippen LogP contribution in [0.1, 0.15) is 6.92 Å². The van der Waals surface area contributed by atoms with Crippen LogP contribution >= 0.6 is 0 Å². The van der Waals surface area contributed by atoms with E-state index in [1.165, 1.54) is 12.5 Å². The van der Waals surface area contributed by atoms with Crippen molar-refractivity contribution in [2.45, 2.75) is 19.3 Å².